The average Bonchev–Trinajstić information content (AvgIpc) is 2.90. The van der Waals surface area contributed by atoms with Gasteiger partial charge in [0.25, 0.3) is 0 Å². The highest BCUT2D eigenvalue weighted by atomic mass is 19.1. The van der Waals surface area contributed by atoms with Crippen molar-refractivity contribution in [2.45, 2.75) is 6.04 Å². The van der Waals surface area contributed by atoms with Crippen LogP contribution in [0.5, 0.6) is 5.75 Å². The van der Waals surface area contributed by atoms with Crippen LogP contribution in [0.4, 0.5) is 10.1 Å². The zero-order chi connectivity index (χ0) is 24.4. The summed E-state index contributed by atoms with van der Waals surface area (Å²) in [5.41, 5.74) is 2.17. The molecule has 2 aromatic carbocycles. The summed E-state index contributed by atoms with van der Waals surface area (Å²) in [6.45, 7) is 2.81. The molecular weight excluding hydrogens is 453 g/mol. The van der Waals surface area contributed by atoms with Gasteiger partial charge in [-0.1, -0.05) is 5.18 Å². The van der Waals surface area contributed by atoms with E-state index in [1.54, 1.807) is 0 Å². The van der Waals surface area contributed by atoms with Crippen molar-refractivity contribution in [1.29, 1.82) is 5.26 Å². The largest absolute Gasteiger partial charge is 0.507 e. The van der Waals surface area contributed by atoms with Gasteiger partial charge in [0.2, 0.25) is 0 Å². The quantitative estimate of drug-likeness (QED) is 0.433. The molecule has 1 aliphatic rings. The van der Waals surface area contributed by atoms with Crippen LogP contribution < -0.4 is 4.90 Å². The summed E-state index contributed by atoms with van der Waals surface area (Å²) >= 11 is 0. The summed E-state index contributed by atoms with van der Waals surface area (Å²) in [6.07, 6.45) is 1.34. The molecule has 10 nitrogen and oxygen atoms in total. The van der Waals surface area contributed by atoms with Crippen LogP contribution in [0.1, 0.15) is 23.0 Å². The number of benzene rings is 2. The summed E-state index contributed by atoms with van der Waals surface area (Å²) in [5.74, 6) is -1.19. The van der Waals surface area contributed by atoms with Gasteiger partial charge in [-0.25, -0.2) is 14.4 Å². The van der Waals surface area contributed by atoms with Crippen molar-refractivity contribution in [2.75, 3.05) is 31.2 Å². The van der Waals surface area contributed by atoms with Gasteiger partial charge in [-0.05, 0) is 36.4 Å². The number of rotatable bonds is 5. The molecule has 0 spiro atoms. The molecule has 174 valence electrons. The van der Waals surface area contributed by atoms with Crippen LogP contribution in [0.25, 0.3) is 22.2 Å². The molecule has 0 saturated carbocycles. The molecule has 35 heavy (non-hydrogen) atoms. The minimum absolute atomic E-state index is 0.0344. The second-order valence-corrected chi connectivity index (χ2v) is 7.88. The van der Waals surface area contributed by atoms with Crippen LogP contribution in [0.3, 0.4) is 0 Å². The van der Waals surface area contributed by atoms with Crippen LogP contribution in [0.15, 0.2) is 54.0 Å². The molecule has 1 atom stereocenters. The number of aromatic hydroxyl groups is 1. The Morgan fingerprint density at radius 1 is 1.11 bits per heavy atom. The van der Waals surface area contributed by atoms with Gasteiger partial charge in [-0.3, -0.25) is 0 Å². The third kappa shape index (κ3) is 4.22. The molecule has 0 radical (unpaired) electrons. The second-order valence-electron chi connectivity index (χ2n) is 7.88. The Kier molecular flexibility index (Phi) is 5.95. The number of anilines is 1. The van der Waals surface area contributed by atoms with Crippen molar-refractivity contribution in [2.24, 2.45) is 5.18 Å². The van der Waals surface area contributed by atoms with Crippen LogP contribution in [-0.4, -0.2) is 51.6 Å². The van der Waals surface area contributed by atoms with Crippen molar-refractivity contribution >= 4 is 16.6 Å². The van der Waals surface area contributed by atoms with Crippen molar-refractivity contribution in [3.63, 3.8) is 0 Å². The van der Waals surface area contributed by atoms with Crippen LogP contribution in [0, 0.1) is 22.1 Å². The molecule has 1 fully saturated rings. The molecule has 5 rings (SSSR count). The molecule has 0 aliphatic carbocycles. The maximum atomic E-state index is 15.1. The smallest absolute Gasteiger partial charge is 0.164 e. The average molecular weight is 471 g/mol. The fourth-order valence-electron chi connectivity index (χ4n) is 4.08. The lowest BCUT2D eigenvalue weighted by Gasteiger charge is -2.29. The molecule has 0 amide bonds. The number of nitrogens with zero attached hydrogens (tertiary/aromatic N) is 7. The molecule has 2 aromatic heterocycles. The van der Waals surface area contributed by atoms with E-state index in [4.69, 9.17) is 10.00 Å². The van der Waals surface area contributed by atoms with Crippen molar-refractivity contribution < 1.29 is 14.2 Å². The normalized spacial score (nSPS) is 14.5. The highest BCUT2D eigenvalue weighted by Gasteiger charge is 2.24. The number of nitriles is 1. The lowest BCUT2D eigenvalue weighted by atomic mass is 9.97. The van der Waals surface area contributed by atoms with Crippen LogP contribution in [-0.2, 0) is 4.74 Å². The topological polar surface area (TPSA) is 137 Å². The standard InChI is InChI=1S/C24H18FN7O3/c25-19-11-22(33)18(24(31-34)20-4-1-14(12-26)29-30-20)10-17(19)23-16-3-2-15(9-21(16)27-13-28-23)32-5-7-35-8-6-32/h1-4,9-11,13,24,33H,5-8H2. The monoisotopic (exact) mass is 471 g/mol. The first-order chi connectivity index (χ1) is 17.1. The predicted molar refractivity (Wildman–Crippen MR) is 124 cm³/mol. The Balaban J connectivity index is 1.59. The summed E-state index contributed by atoms with van der Waals surface area (Å²) in [7, 11) is 0. The predicted octanol–water partition coefficient (Wildman–Crippen LogP) is 3.50. The second kappa shape index (κ2) is 9.36. The van der Waals surface area contributed by atoms with Gasteiger partial charge in [0.1, 0.15) is 24.0 Å². The van der Waals surface area contributed by atoms with E-state index in [9.17, 15) is 10.0 Å². The lowest BCUT2D eigenvalue weighted by molar-refractivity contribution is 0.122. The highest BCUT2D eigenvalue weighted by molar-refractivity contribution is 5.94. The molecule has 1 N–H and O–H groups in total. The van der Waals surface area contributed by atoms with Gasteiger partial charge in [-0.15, -0.1) is 10.0 Å². The van der Waals surface area contributed by atoms with E-state index in [0.717, 1.165) is 24.8 Å². The van der Waals surface area contributed by atoms with E-state index >= 15 is 4.39 Å². The van der Waals surface area contributed by atoms with E-state index in [2.05, 4.69) is 30.2 Å². The van der Waals surface area contributed by atoms with Gasteiger partial charge in [0.15, 0.2) is 11.7 Å². The maximum Gasteiger partial charge on any atom is 0.164 e. The number of phenolic OH excluding ortho intramolecular Hbond substituents is 1. The third-order valence-electron chi connectivity index (χ3n) is 5.85. The van der Waals surface area contributed by atoms with Crippen LogP contribution in [0.2, 0.25) is 0 Å². The third-order valence-corrected chi connectivity index (χ3v) is 5.85. The van der Waals surface area contributed by atoms with Gasteiger partial charge in [-0.2, -0.15) is 10.4 Å². The number of nitroso groups, excluding NO2 is 1. The fraction of sp³-hybridized carbons (Fsp3) is 0.208. The number of morpholine rings is 1. The molecule has 4 aromatic rings. The summed E-state index contributed by atoms with van der Waals surface area (Å²) in [6, 6.07) is 11.3. The highest BCUT2D eigenvalue weighted by Crippen LogP contribution is 2.38. The Hall–Kier alpha value is -4.56. The fourth-order valence-corrected chi connectivity index (χ4v) is 4.08. The van der Waals surface area contributed by atoms with E-state index < -0.39 is 17.6 Å². The Morgan fingerprint density at radius 3 is 2.66 bits per heavy atom. The minimum atomic E-state index is -1.27. The molecule has 1 aliphatic heterocycles. The van der Waals surface area contributed by atoms with Crippen molar-refractivity contribution in [1.82, 2.24) is 20.2 Å². The number of aromatic nitrogens is 4. The number of hydrogen-bond donors (Lipinski definition) is 1. The van der Waals surface area contributed by atoms with Gasteiger partial charge in [0, 0.05) is 41.4 Å². The summed E-state index contributed by atoms with van der Waals surface area (Å²) in [5, 5.41) is 30.6. The van der Waals surface area contributed by atoms with Gasteiger partial charge < -0.3 is 14.7 Å². The lowest BCUT2D eigenvalue weighted by Crippen LogP contribution is -2.36. The van der Waals surface area contributed by atoms with E-state index in [0.29, 0.717) is 29.8 Å². The van der Waals surface area contributed by atoms with E-state index in [1.807, 2.05) is 24.3 Å². The maximum absolute atomic E-state index is 15.1. The SMILES string of the molecule is N#Cc1ccc(C(N=O)c2cc(-c3ncnc4cc(N5CCOCC5)ccc34)c(F)cc2O)nn1. The van der Waals surface area contributed by atoms with E-state index in [-0.39, 0.29) is 22.5 Å². The molecule has 11 heteroatoms. The molecular formula is C24H18FN7O3. The van der Waals surface area contributed by atoms with Crippen molar-refractivity contribution in [3.05, 3.63) is 76.5 Å². The van der Waals surface area contributed by atoms with Crippen molar-refractivity contribution in [3.8, 4) is 23.1 Å². The first-order valence-corrected chi connectivity index (χ1v) is 10.8. The Morgan fingerprint density at radius 2 is 1.94 bits per heavy atom. The number of hydrogen-bond acceptors (Lipinski definition) is 10. The van der Waals surface area contributed by atoms with Gasteiger partial charge in [0.05, 0.1) is 30.1 Å². The number of ether oxygens (including phenoxy) is 1. The molecule has 1 unspecified atom stereocenters. The number of halogens is 1. The zero-order valence-electron chi connectivity index (χ0n) is 18.3. The van der Waals surface area contributed by atoms with E-state index in [1.165, 1.54) is 24.5 Å². The minimum Gasteiger partial charge on any atom is -0.507 e. The van der Waals surface area contributed by atoms with Crippen LogP contribution >= 0.6 is 0 Å². The first kappa shape index (κ1) is 22.2. The molecule has 3 heterocycles. The number of phenols is 1. The molecule has 1 saturated heterocycles. The Labute approximate surface area is 198 Å². The Bertz CT molecular complexity index is 1450. The summed E-state index contributed by atoms with van der Waals surface area (Å²) < 4.78 is 20.5. The molecule has 0 bridgehead atoms. The summed E-state index contributed by atoms with van der Waals surface area (Å²) in [4.78, 5) is 22.5. The first-order valence-electron chi connectivity index (χ1n) is 10.8. The number of fused-ring (bicyclic) bond motifs is 1. The van der Waals surface area contributed by atoms with Gasteiger partial charge >= 0.3 is 0 Å². The zero-order valence-corrected chi connectivity index (χ0v) is 18.3.